The topological polar surface area (TPSA) is 52.0 Å². The molecular weight excluding hydrogens is 236 g/mol. The van der Waals surface area contributed by atoms with Crippen LogP contribution in [0.5, 0.6) is 0 Å². The third-order valence-electron chi connectivity index (χ3n) is 2.08. The van der Waals surface area contributed by atoms with Crippen LogP contribution in [0.25, 0.3) is 0 Å². The number of rotatable bonds is 8. The Kier molecular flexibility index (Phi) is 7.76. The number of nitrogens with two attached hydrogens (primary N) is 2. The van der Waals surface area contributed by atoms with Gasteiger partial charge in [0.25, 0.3) is 0 Å². The van der Waals surface area contributed by atoms with E-state index >= 15 is 0 Å². The second kappa shape index (κ2) is 8.93. The van der Waals surface area contributed by atoms with Gasteiger partial charge in [0.05, 0.1) is 0 Å². The van der Waals surface area contributed by atoms with Gasteiger partial charge in [-0.05, 0) is 11.1 Å². The minimum Gasteiger partial charge on any atom is -0.330 e. The fourth-order valence-corrected chi connectivity index (χ4v) is 2.76. The van der Waals surface area contributed by atoms with Gasteiger partial charge in [-0.2, -0.15) is 23.5 Å². The SMILES string of the molecule is NCCSCc1ccc(CSCCN)cc1. The van der Waals surface area contributed by atoms with Crippen LogP contribution in [0.4, 0.5) is 0 Å². The summed E-state index contributed by atoms with van der Waals surface area (Å²) in [6, 6.07) is 8.84. The van der Waals surface area contributed by atoms with Crippen LogP contribution in [0.15, 0.2) is 24.3 Å². The molecule has 16 heavy (non-hydrogen) atoms. The van der Waals surface area contributed by atoms with E-state index in [1.165, 1.54) is 11.1 Å². The van der Waals surface area contributed by atoms with E-state index in [9.17, 15) is 0 Å². The molecule has 90 valence electrons. The molecule has 4 heteroatoms. The van der Waals surface area contributed by atoms with Crippen molar-refractivity contribution in [2.24, 2.45) is 11.5 Å². The zero-order valence-electron chi connectivity index (χ0n) is 9.52. The quantitative estimate of drug-likeness (QED) is 0.699. The molecule has 1 aromatic carbocycles. The Hall–Kier alpha value is -0.160. The normalized spacial score (nSPS) is 10.6. The van der Waals surface area contributed by atoms with E-state index in [0.29, 0.717) is 0 Å². The number of benzene rings is 1. The van der Waals surface area contributed by atoms with Crippen molar-refractivity contribution in [3.05, 3.63) is 35.4 Å². The minimum atomic E-state index is 0.762. The predicted molar refractivity (Wildman–Crippen MR) is 76.9 cm³/mol. The predicted octanol–water partition coefficient (Wildman–Crippen LogP) is 2.07. The first kappa shape index (κ1) is 13.9. The van der Waals surface area contributed by atoms with Gasteiger partial charge in [-0.15, -0.1) is 0 Å². The lowest BCUT2D eigenvalue weighted by atomic mass is 10.2. The average Bonchev–Trinajstić information content (AvgIpc) is 2.32. The van der Waals surface area contributed by atoms with E-state index in [2.05, 4.69) is 24.3 Å². The van der Waals surface area contributed by atoms with E-state index in [1.54, 1.807) is 0 Å². The molecule has 2 nitrogen and oxygen atoms in total. The first-order valence-corrected chi connectivity index (χ1v) is 7.81. The molecular formula is C12H20N2S2. The van der Waals surface area contributed by atoms with E-state index < -0.39 is 0 Å². The fourth-order valence-electron chi connectivity index (χ4n) is 1.28. The Morgan fingerprint density at radius 2 is 1.12 bits per heavy atom. The maximum atomic E-state index is 5.45. The molecule has 0 unspecified atom stereocenters. The summed E-state index contributed by atoms with van der Waals surface area (Å²) >= 11 is 3.77. The molecule has 0 fully saturated rings. The second-order valence-electron chi connectivity index (χ2n) is 3.50. The zero-order valence-corrected chi connectivity index (χ0v) is 11.2. The molecule has 0 radical (unpaired) electrons. The van der Waals surface area contributed by atoms with Crippen LogP contribution in [0.2, 0.25) is 0 Å². The highest BCUT2D eigenvalue weighted by molar-refractivity contribution is 7.98. The second-order valence-corrected chi connectivity index (χ2v) is 5.71. The molecule has 0 aromatic heterocycles. The van der Waals surface area contributed by atoms with Crippen LogP contribution in [0.3, 0.4) is 0 Å². The summed E-state index contributed by atoms with van der Waals surface area (Å²) in [6.45, 7) is 1.52. The van der Waals surface area contributed by atoms with Crippen molar-refractivity contribution in [1.82, 2.24) is 0 Å². The molecule has 1 aromatic rings. The van der Waals surface area contributed by atoms with Crippen LogP contribution >= 0.6 is 23.5 Å². The zero-order chi connectivity index (χ0) is 11.6. The van der Waals surface area contributed by atoms with Crippen LogP contribution in [0, 0.1) is 0 Å². The van der Waals surface area contributed by atoms with Gasteiger partial charge >= 0.3 is 0 Å². The molecule has 1 rings (SSSR count). The van der Waals surface area contributed by atoms with Gasteiger partial charge in [0.2, 0.25) is 0 Å². The standard InChI is InChI=1S/C12H20N2S2/c13-5-7-15-9-11-1-2-12(4-3-11)10-16-8-6-14/h1-4H,5-10,13-14H2. The van der Waals surface area contributed by atoms with E-state index in [4.69, 9.17) is 11.5 Å². The van der Waals surface area contributed by atoms with Gasteiger partial charge in [-0.25, -0.2) is 0 Å². The molecule has 0 aliphatic heterocycles. The highest BCUT2D eigenvalue weighted by Crippen LogP contribution is 2.15. The smallest absolute Gasteiger partial charge is 0.0185 e. The monoisotopic (exact) mass is 256 g/mol. The highest BCUT2D eigenvalue weighted by atomic mass is 32.2. The van der Waals surface area contributed by atoms with Crippen LogP contribution in [-0.4, -0.2) is 24.6 Å². The summed E-state index contributed by atoms with van der Waals surface area (Å²) in [5.41, 5.74) is 13.7. The molecule has 0 atom stereocenters. The van der Waals surface area contributed by atoms with Gasteiger partial charge in [0.15, 0.2) is 0 Å². The molecule has 0 spiro atoms. The largest absolute Gasteiger partial charge is 0.330 e. The molecule has 0 aliphatic carbocycles. The lowest BCUT2D eigenvalue weighted by Crippen LogP contribution is -2.01. The third-order valence-corrected chi connectivity index (χ3v) is 4.21. The third kappa shape index (κ3) is 5.80. The van der Waals surface area contributed by atoms with E-state index in [0.717, 1.165) is 36.1 Å². The highest BCUT2D eigenvalue weighted by Gasteiger charge is 1.95. The maximum absolute atomic E-state index is 5.45. The van der Waals surface area contributed by atoms with E-state index in [-0.39, 0.29) is 0 Å². The van der Waals surface area contributed by atoms with E-state index in [1.807, 2.05) is 23.5 Å². The van der Waals surface area contributed by atoms with Gasteiger partial charge in [-0.1, -0.05) is 24.3 Å². The Balaban J connectivity index is 2.30. The van der Waals surface area contributed by atoms with Crippen molar-refractivity contribution < 1.29 is 0 Å². The Morgan fingerprint density at radius 1 is 0.750 bits per heavy atom. The van der Waals surface area contributed by atoms with Crippen molar-refractivity contribution in [3.63, 3.8) is 0 Å². The summed E-state index contributed by atoms with van der Waals surface area (Å²) in [5.74, 6) is 4.20. The first-order valence-electron chi connectivity index (χ1n) is 5.50. The number of hydrogen-bond acceptors (Lipinski definition) is 4. The molecule has 0 heterocycles. The lowest BCUT2D eigenvalue weighted by molar-refractivity contribution is 1.15. The summed E-state index contributed by atoms with van der Waals surface area (Å²) in [7, 11) is 0. The summed E-state index contributed by atoms with van der Waals surface area (Å²) in [5, 5.41) is 0. The Labute approximate surface area is 107 Å². The van der Waals surface area contributed by atoms with Gasteiger partial charge in [0.1, 0.15) is 0 Å². The van der Waals surface area contributed by atoms with Crippen molar-refractivity contribution in [2.75, 3.05) is 24.6 Å². The van der Waals surface area contributed by atoms with Crippen LogP contribution in [-0.2, 0) is 11.5 Å². The van der Waals surface area contributed by atoms with Crippen LogP contribution < -0.4 is 11.5 Å². The maximum Gasteiger partial charge on any atom is 0.0185 e. The summed E-state index contributed by atoms with van der Waals surface area (Å²) < 4.78 is 0. The minimum absolute atomic E-state index is 0.762. The lowest BCUT2D eigenvalue weighted by Gasteiger charge is -2.03. The molecule has 0 bridgehead atoms. The van der Waals surface area contributed by atoms with Crippen molar-refractivity contribution in [3.8, 4) is 0 Å². The molecule has 0 saturated heterocycles. The van der Waals surface area contributed by atoms with Crippen molar-refractivity contribution in [2.45, 2.75) is 11.5 Å². The summed E-state index contributed by atoms with van der Waals surface area (Å²) in [6.07, 6.45) is 0. The van der Waals surface area contributed by atoms with Gasteiger partial charge in [0, 0.05) is 36.1 Å². The van der Waals surface area contributed by atoms with Crippen molar-refractivity contribution >= 4 is 23.5 Å². The Morgan fingerprint density at radius 3 is 1.44 bits per heavy atom. The van der Waals surface area contributed by atoms with Crippen molar-refractivity contribution in [1.29, 1.82) is 0 Å². The molecule has 4 N–H and O–H groups in total. The van der Waals surface area contributed by atoms with Crippen LogP contribution in [0.1, 0.15) is 11.1 Å². The summed E-state index contributed by atoms with van der Waals surface area (Å²) in [4.78, 5) is 0. The first-order chi connectivity index (χ1) is 7.86. The number of hydrogen-bond donors (Lipinski definition) is 2. The Bertz CT molecular complexity index is 246. The molecule has 0 aliphatic rings. The molecule has 0 saturated carbocycles. The number of thioether (sulfide) groups is 2. The van der Waals surface area contributed by atoms with Gasteiger partial charge < -0.3 is 11.5 Å². The van der Waals surface area contributed by atoms with Gasteiger partial charge in [-0.3, -0.25) is 0 Å². The molecule has 0 amide bonds. The average molecular weight is 256 g/mol. The fraction of sp³-hybridized carbons (Fsp3) is 0.500.